The lowest BCUT2D eigenvalue weighted by Gasteiger charge is -2.13. The number of aromatic nitrogens is 2. The zero-order valence-corrected chi connectivity index (χ0v) is 10.4. The van der Waals surface area contributed by atoms with Crippen molar-refractivity contribution >= 4 is 15.8 Å². The van der Waals surface area contributed by atoms with Gasteiger partial charge in [-0.1, -0.05) is 0 Å². The zero-order valence-electron chi connectivity index (χ0n) is 9.55. The van der Waals surface area contributed by atoms with Crippen molar-refractivity contribution in [2.45, 2.75) is 18.0 Å². The molecular formula is C9H10F2N2O4S. The van der Waals surface area contributed by atoms with Gasteiger partial charge in [-0.25, -0.2) is 23.2 Å². The number of alkyl halides is 2. The first-order chi connectivity index (χ1) is 8.19. The summed E-state index contributed by atoms with van der Waals surface area (Å²) in [7, 11) is -3.83. The van der Waals surface area contributed by atoms with Crippen molar-refractivity contribution in [3.8, 4) is 0 Å². The molecule has 0 aliphatic heterocycles. The molecule has 18 heavy (non-hydrogen) atoms. The second-order valence-corrected chi connectivity index (χ2v) is 5.20. The van der Waals surface area contributed by atoms with Gasteiger partial charge in [-0.2, -0.15) is 8.78 Å². The van der Waals surface area contributed by atoms with Gasteiger partial charge in [0.05, 0.1) is 6.61 Å². The topological polar surface area (TPSA) is 86.2 Å². The predicted molar refractivity (Wildman–Crippen MR) is 55.7 cm³/mol. The molecule has 1 aromatic rings. The van der Waals surface area contributed by atoms with E-state index in [9.17, 15) is 22.0 Å². The maximum absolute atomic E-state index is 13.5. The van der Waals surface area contributed by atoms with Crippen LogP contribution < -0.4 is 0 Å². The Balaban J connectivity index is 3.22. The Hall–Kier alpha value is -1.64. The van der Waals surface area contributed by atoms with Crippen molar-refractivity contribution in [1.82, 2.24) is 9.97 Å². The number of halogens is 2. The Morgan fingerprint density at radius 2 is 2.11 bits per heavy atom. The van der Waals surface area contributed by atoms with E-state index in [4.69, 9.17) is 0 Å². The smallest absolute Gasteiger partial charge is 0.384 e. The average Bonchev–Trinajstić information content (AvgIpc) is 2.28. The van der Waals surface area contributed by atoms with E-state index in [1.54, 1.807) is 0 Å². The molecular weight excluding hydrogens is 270 g/mol. The van der Waals surface area contributed by atoms with E-state index in [-0.39, 0.29) is 6.61 Å². The molecule has 1 rings (SSSR count). The van der Waals surface area contributed by atoms with Crippen molar-refractivity contribution < 1.29 is 26.7 Å². The Morgan fingerprint density at radius 1 is 1.50 bits per heavy atom. The highest BCUT2D eigenvalue weighted by atomic mass is 32.2. The number of carbonyl (C=O) groups excluding carboxylic acids is 1. The van der Waals surface area contributed by atoms with E-state index in [0.29, 0.717) is 0 Å². The molecule has 0 amide bonds. The molecule has 0 unspecified atom stereocenters. The van der Waals surface area contributed by atoms with Crippen LogP contribution in [-0.2, 0) is 25.3 Å². The maximum Gasteiger partial charge on any atom is 0.384 e. The van der Waals surface area contributed by atoms with Crippen LogP contribution in [0.4, 0.5) is 8.78 Å². The maximum atomic E-state index is 13.5. The number of ether oxygens (including phenoxy) is 1. The molecule has 100 valence electrons. The number of rotatable bonds is 4. The Morgan fingerprint density at radius 3 is 2.61 bits per heavy atom. The van der Waals surface area contributed by atoms with E-state index in [2.05, 4.69) is 14.7 Å². The van der Waals surface area contributed by atoms with Gasteiger partial charge >= 0.3 is 11.9 Å². The molecule has 0 aliphatic rings. The first-order valence-electron chi connectivity index (χ1n) is 4.78. The lowest BCUT2D eigenvalue weighted by atomic mass is 10.2. The summed E-state index contributed by atoms with van der Waals surface area (Å²) in [6.45, 7) is 1.15. The summed E-state index contributed by atoms with van der Waals surface area (Å²) in [6.07, 6.45) is 1.61. The van der Waals surface area contributed by atoms with Crippen LogP contribution in [0.25, 0.3) is 0 Å². The fourth-order valence-electron chi connectivity index (χ4n) is 1.02. The molecule has 0 saturated heterocycles. The van der Waals surface area contributed by atoms with Gasteiger partial charge in [0.2, 0.25) is 15.0 Å². The standard InChI is InChI=1S/C9H10F2N2O4S/c1-3-17-7(14)9(10,11)6-4-5-12-8(13-6)18(2,15)16/h4-5H,3H2,1-2H3. The molecule has 0 saturated carbocycles. The predicted octanol–water partition coefficient (Wildman–Crippen LogP) is 0.535. The van der Waals surface area contributed by atoms with Crippen LogP contribution in [0.1, 0.15) is 12.6 Å². The normalized spacial score (nSPS) is 12.2. The minimum absolute atomic E-state index is 0.224. The van der Waals surface area contributed by atoms with E-state index < -0.39 is 32.6 Å². The number of hydrogen-bond donors (Lipinski definition) is 0. The molecule has 0 aliphatic carbocycles. The lowest BCUT2D eigenvalue weighted by Crippen LogP contribution is -2.30. The Bertz CT molecular complexity index is 559. The summed E-state index contributed by atoms with van der Waals surface area (Å²) < 4.78 is 53.5. The molecule has 6 nitrogen and oxygen atoms in total. The van der Waals surface area contributed by atoms with Crippen LogP contribution in [0.3, 0.4) is 0 Å². The molecule has 0 spiro atoms. The first kappa shape index (κ1) is 14.4. The monoisotopic (exact) mass is 280 g/mol. The molecule has 9 heteroatoms. The molecule has 1 heterocycles. The van der Waals surface area contributed by atoms with Crippen LogP contribution in [-0.4, -0.2) is 37.2 Å². The average molecular weight is 280 g/mol. The van der Waals surface area contributed by atoms with Gasteiger partial charge in [-0.3, -0.25) is 0 Å². The number of carbonyl (C=O) groups is 1. The van der Waals surface area contributed by atoms with E-state index >= 15 is 0 Å². The minimum Gasteiger partial charge on any atom is -0.461 e. The number of sulfone groups is 1. The summed E-state index contributed by atoms with van der Waals surface area (Å²) in [4.78, 5) is 17.6. The lowest BCUT2D eigenvalue weighted by molar-refractivity contribution is -0.173. The molecule has 0 radical (unpaired) electrons. The highest BCUT2D eigenvalue weighted by Crippen LogP contribution is 2.28. The Kier molecular flexibility index (Phi) is 3.95. The van der Waals surface area contributed by atoms with E-state index in [0.717, 1.165) is 18.5 Å². The number of nitrogens with zero attached hydrogens (tertiary/aromatic N) is 2. The second-order valence-electron chi connectivity index (χ2n) is 3.29. The van der Waals surface area contributed by atoms with Gasteiger partial charge in [0.1, 0.15) is 5.69 Å². The molecule has 0 bridgehead atoms. The third-order valence-electron chi connectivity index (χ3n) is 1.82. The van der Waals surface area contributed by atoms with Gasteiger partial charge in [-0.15, -0.1) is 0 Å². The molecule has 0 atom stereocenters. The molecule has 0 fully saturated rings. The molecule has 0 N–H and O–H groups in total. The summed E-state index contributed by atoms with van der Waals surface area (Å²) in [5, 5.41) is -0.774. The van der Waals surface area contributed by atoms with Gasteiger partial charge in [0, 0.05) is 12.5 Å². The Labute approximate surface area is 102 Å². The van der Waals surface area contributed by atoms with Gasteiger partial charge in [0.15, 0.2) is 0 Å². The van der Waals surface area contributed by atoms with Crippen LogP contribution >= 0.6 is 0 Å². The summed E-state index contributed by atoms with van der Waals surface area (Å²) in [6, 6.07) is 0.756. The molecule has 0 aromatic carbocycles. The second kappa shape index (κ2) is 4.92. The largest absolute Gasteiger partial charge is 0.461 e. The number of esters is 1. The van der Waals surface area contributed by atoms with Crippen molar-refractivity contribution in [3.05, 3.63) is 18.0 Å². The van der Waals surface area contributed by atoms with E-state index in [1.807, 2.05) is 0 Å². The summed E-state index contributed by atoms with van der Waals surface area (Å²) >= 11 is 0. The van der Waals surface area contributed by atoms with Crippen molar-refractivity contribution in [3.63, 3.8) is 0 Å². The first-order valence-corrected chi connectivity index (χ1v) is 6.67. The van der Waals surface area contributed by atoms with Crippen LogP contribution in [0.15, 0.2) is 17.4 Å². The van der Waals surface area contributed by atoms with Crippen LogP contribution in [0, 0.1) is 0 Å². The van der Waals surface area contributed by atoms with Crippen molar-refractivity contribution in [2.24, 2.45) is 0 Å². The fraction of sp³-hybridized carbons (Fsp3) is 0.444. The van der Waals surface area contributed by atoms with Gasteiger partial charge in [0.25, 0.3) is 0 Å². The summed E-state index contributed by atoms with van der Waals surface area (Å²) in [5.41, 5.74) is -1.02. The highest BCUT2D eigenvalue weighted by Gasteiger charge is 2.44. The zero-order chi connectivity index (χ0) is 14.0. The molecule has 1 aromatic heterocycles. The van der Waals surface area contributed by atoms with Gasteiger partial charge in [-0.05, 0) is 13.0 Å². The quantitative estimate of drug-likeness (QED) is 0.591. The fourth-order valence-corrected chi connectivity index (χ4v) is 1.54. The van der Waals surface area contributed by atoms with Crippen molar-refractivity contribution in [2.75, 3.05) is 12.9 Å². The van der Waals surface area contributed by atoms with E-state index in [1.165, 1.54) is 6.92 Å². The van der Waals surface area contributed by atoms with Crippen LogP contribution in [0.5, 0.6) is 0 Å². The third-order valence-corrected chi connectivity index (χ3v) is 2.68. The van der Waals surface area contributed by atoms with Crippen molar-refractivity contribution in [1.29, 1.82) is 0 Å². The highest BCUT2D eigenvalue weighted by molar-refractivity contribution is 7.90. The number of hydrogen-bond acceptors (Lipinski definition) is 6. The minimum atomic E-state index is -4.02. The van der Waals surface area contributed by atoms with Gasteiger partial charge < -0.3 is 4.74 Å². The summed E-state index contributed by atoms with van der Waals surface area (Å²) in [5.74, 6) is -5.80. The van der Waals surface area contributed by atoms with Crippen LogP contribution in [0.2, 0.25) is 0 Å². The third kappa shape index (κ3) is 2.97. The SMILES string of the molecule is CCOC(=O)C(F)(F)c1ccnc(S(C)(=O)=O)n1.